The van der Waals surface area contributed by atoms with Gasteiger partial charge in [0.05, 0.1) is 11.6 Å². The quantitative estimate of drug-likeness (QED) is 0.709. The van der Waals surface area contributed by atoms with E-state index in [9.17, 15) is 18.4 Å². The first-order chi connectivity index (χ1) is 13.5. The Morgan fingerprint density at radius 2 is 2.04 bits per heavy atom. The Balaban J connectivity index is 1.37. The molecule has 1 saturated heterocycles. The van der Waals surface area contributed by atoms with Crippen LogP contribution in [-0.2, 0) is 16.0 Å². The molecule has 0 radical (unpaired) electrons. The number of H-pyrrole nitrogens is 1. The van der Waals surface area contributed by atoms with Crippen LogP contribution in [-0.4, -0.2) is 34.8 Å². The van der Waals surface area contributed by atoms with Crippen molar-refractivity contribution in [3.05, 3.63) is 65.9 Å². The third-order valence-corrected chi connectivity index (χ3v) is 5.10. The van der Waals surface area contributed by atoms with E-state index >= 15 is 0 Å². The molecule has 2 aromatic carbocycles. The summed E-state index contributed by atoms with van der Waals surface area (Å²) >= 11 is 0. The molecule has 3 aromatic rings. The molecule has 144 valence electrons. The number of fused-ring (bicyclic) bond motifs is 1. The number of hydrogen-bond acceptors (Lipinski definition) is 2. The van der Waals surface area contributed by atoms with E-state index in [0.717, 1.165) is 22.5 Å². The fourth-order valence-corrected chi connectivity index (χ4v) is 3.58. The van der Waals surface area contributed by atoms with Gasteiger partial charge in [0.25, 0.3) is 0 Å². The van der Waals surface area contributed by atoms with Gasteiger partial charge in [0.1, 0.15) is 11.6 Å². The van der Waals surface area contributed by atoms with Crippen molar-refractivity contribution < 1.29 is 18.4 Å². The molecular weight excluding hydrogens is 364 g/mol. The normalized spacial score (nSPS) is 16.7. The Labute approximate surface area is 160 Å². The minimum Gasteiger partial charge on any atom is -0.361 e. The topological polar surface area (TPSA) is 65.2 Å². The van der Waals surface area contributed by atoms with Crippen LogP contribution in [0.3, 0.4) is 0 Å². The van der Waals surface area contributed by atoms with Gasteiger partial charge in [-0.15, -0.1) is 0 Å². The number of para-hydroxylation sites is 1. The lowest BCUT2D eigenvalue weighted by Crippen LogP contribution is -2.30. The molecule has 0 bridgehead atoms. The van der Waals surface area contributed by atoms with Crippen LogP contribution in [0.1, 0.15) is 12.0 Å². The van der Waals surface area contributed by atoms with Crippen LogP contribution in [0, 0.1) is 17.6 Å². The molecule has 1 aromatic heterocycles. The van der Waals surface area contributed by atoms with E-state index in [1.165, 1.54) is 6.07 Å². The summed E-state index contributed by atoms with van der Waals surface area (Å²) in [5.41, 5.74) is 2.07. The molecule has 7 heteroatoms. The molecule has 2 amide bonds. The number of nitrogens with zero attached hydrogens (tertiary/aromatic N) is 1. The predicted molar refractivity (Wildman–Crippen MR) is 102 cm³/mol. The molecule has 1 fully saturated rings. The Morgan fingerprint density at radius 1 is 1.21 bits per heavy atom. The maximum Gasteiger partial charge on any atom is 0.229 e. The number of carbonyl (C=O) groups excluding carboxylic acids is 2. The summed E-state index contributed by atoms with van der Waals surface area (Å²) in [6.07, 6.45) is 2.70. The Bertz CT molecular complexity index is 1050. The highest BCUT2D eigenvalue weighted by Crippen LogP contribution is 2.23. The van der Waals surface area contributed by atoms with Gasteiger partial charge >= 0.3 is 0 Å². The van der Waals surface area contributed by atoms with E-state index in [4.69, 9.17) is 0 Å². The highest BCUT2D eigenvalue weighted by Gasteiger charge is 2.34. The number of hydrogen-bond donors (Lipinski definition) is 2. The second-order valence-electron chi connectivity index (χ2n) is 6.96. The third-order valence-electron chi connectivity index (χ3n) is 5.10. The number of aromatic nitrogens is 1. The first kappa shape index (κ1) is 18.2. The van der Waals surface area contributed by atoms with Gasteiger partial charge in [-0.25, -0.2) is 8.78 Å². The summed E-state index contributed by atoms with van der Waals surface area (Å²) in [6.45, 7) is 0.797. The fourth-order valence-electron chi connectivity index (χ4n) is 3.58. The molecule has 0 spiro atoms. The van der Waals surface area contributed by atoms with E-state index in [-0.39, 0.29) is 24.6 Å². The molecule has 1 unspecified atom stereocenters. The lowest BCUT2D eigenvalue weighted by atomic mass is 10.1. The van der Waals surface area contributed by atoms with Crippen LogP contribution in [0.15, 0.2) is 48.7 Å². The van der Waals surface area contributed by atoms with E-state index in [1.54, 1.807) is 4.90 Å². The summed E-state index contributed by atoms with van der Waals surface area (Å²) in [5, 5.41) is 3.57. The first-order valence-corrected chi connectivity index (χ1v) is 9.10. The smallest absolute Gasteiger partial charge is 0.229 e. The number of benzene rings is 2. The molecule has 4 rings (SSSR count). The summed E-state index contributed by atoms with van der Waals surface area (Å²) < 4.78 is 26.7. The van der Waals surface area contributed by atoms with Crippen molar-refractivity contribution in [3.8, 4) is 0 Å². The summed E-state index contributed by atoms with van der Waals surface area (Å²) in [7, 11) is 0. The predicted octanol–water partition coefficient (Wildman–Crippen LogP) is 3.48. The zero-order valence-electron chi connectivity index (χ0n) is 15.0. The van der Waals surface area contributed by atoms with Gasteiger partial charge in [0.15, 0.2) is 0 Å². The van der Waals surface area contributed by atoms with Gasteiger partial charge < -0.3 is 15.2 Å². The van der Waals surface area contributed by atoms with Crippen molar-refractivity contribution in [1.29, 1.82) is 0 Å². The SMILES string of the molecule is O=C(Nc1ccc(F)cc1F)C1CC(=O)N(CCc2c[nH]c3ccccc23)C1. The Kier molecular flexibility index (Phi) is 4.81. The zero-order chi connectivity index (χ0) is 19.7. The van der Waals surface area contributed by atoms with Crippen LogP contribution in [0.5, 0.6) is 0 Å². The molecule has 0 saturated carbocycles. The van der Waals surface area contributed by atoms with Crippen molar-refractivity contribution in [2.45, 2.75) is 12.8 Å². The van der Waals surface area contributed by atoms with Crippen LogP contribution >= 0.6 is 0 Å². The fraction of sp³-hybridized carbons (Fsp3) is 0.238. The van der Waals surface area contributed by atoms with Crippen molar-refractivity contribution in [3.63, 3.8) is 0 Å². The first-order valence-electron chi connectivity index (χ1n) is 9.10. The Morgan fingerprint density at radius 3 is 2.86 bits per heavy atom. The number of aromatic amines is 1. The van der Waals surface area contributed by atoms with E-state index in [0.29, 0.717) is 19.0 Å². The average molecular weight is 383 g/mol. The van der Waals surface area contributed by atoms with Gasteiger partial charge in [0, 0.05) is 42.7 Å². The van der Waals surface area contributed by atoms with E-state index in [2.05, 4.69) is 10.3 Å². The van der Waals surface area contributed by atoms with Crippen LogP contribution in [0.2, 0.25) is 0 Å². The van der Waals surface area contributed by atoms with Crippen molar-refractivity contribution in [2.24, 2.45) is 5.92 Å². The summed E-state index contributed by atoms with van der Waals surface area (Å²) in [6, 6.07) is 10.9. The zero-order valence-corrected chi connectivity index (χ0v) is 15.0. The monoisotopic (exact) mass is 383 g/mol. The van der Waals surface area contributed by atoms with Crippen LogP contribution in [0.25, 0.3) is 10.9 Å². The van der Waals surface area contributed by atoms with Crippen molar-refractivity contribution in [1.82, 2.24) is 9.88 Å². The number of amides is 2. The highest BCUT2D eigenvalue weighted by molar-refractivity contribution is 5.97. The largest absolute Gasteiger partial charge is 0.361 e. The van der Waals surface area contributed by atoms with Crippen molar-refractivity contribution >= 4 is 28.4 Å². The maximum atomic E-state index is 13.7. The lowest BCUT2D eigenvalue weighted by molar-refractivity contribution is -0.128. The number of halogens is 2. The van der Waals surface area contributed by atoms with Crippen molar-refractivity contribution in [2.75, 3.05) is 18.4 Å². The van der Waals surface area contributed by atoms with Gasteiger partial charge in [-0.3, -0.25) is 9.59 Å². The molecule has 28 heavy (non-hydrogen) atoms. The molecule has 2 heterocycles. The van der Waals surface area contributed by atoms with Gasteiger partial charge in [0.2, 0.25) is 11.8 Å². The molecule has 1 aliphatic rings. The number of rotatable bonds is 5. The molecule has 2 N–H and O–H groups in total. The second kappa shape index (κ2) is 7.42. The minimum atomic E-state index is -0.839. The number of likely N-dealkylation sites (tertiary alicyclic amines) is 1. The number of carbonyl (C=O) groups is 2. The lowest BCUT2D eigenvalue weighted by Gasteiger charge is -2.16. The molecule has 0 aliphatic carbocycles. The standard InChI is InChI=1S/C21H19F2N3O2/c22-15-5-6-19(17(23)10-15)25-21(28)14-9-20(27)26(12-14)8-7-13-11-24-18-4-2-1-3-16(13)18/h1-6,10-11,14,24H,7-9,12H2,(H,25,28). The van der Waals surface area contributed by atoms with Crippen LogP contribution in [0.4, 0.5) is 14.5 Å². The average Bonchev–Trinajstić information content (AvgIpc) is 3.26. The van der Waals surface area contributed by atoms with E-state index in [1.807, 2.05) is 30.5 Å². The molecule has 5 nitrogen and oxygen atoms in total. The van der Waals surface area contributed by atoms with Gasteiger partial charge in [-0.1, -0.05) is 18.2 Å². The second-order valence-corrected chi connectivity index (χ2v) is 6.96. The van der Waals surface area contributed by atoms with E-state index < -0.39 is 23.5 Å². The molecule has 1 atom stereocenters. The summed E-state index contributed by atoms with van der Waals surface area (Å²) in [4.78, 5) is 29.6. The number of anilines is 1. The summed E-state index contributed by atoms with van der Waals surface area (Å²) in [5.74, 6) is -2.64. The highest BCUT2D eigenvalue weighted by atomic mass is 19.1. The molecular formula is C21H19F2N3O2. The van der Waals surface area contributed by atoms with Gasteiger partial charge in [-0.2, -0.15) is 0 Å². The third kappa shape index (κ3) is 3.60. The number of nitrogens with one attached hydrogen (secondary N) is 2. The van der Waals surface area contributed by atoms with Crippen LogP contribution < -0.4 is 5.32 Å². The van der Waals surface area contributed by atoms with Gasteiger partial charge in [-0.05, 0) is 30.2 Å². The Hall–Kier alpha value is -3.22. The minimum absolute atomic E-state index is 0.0858. The molecule has 1 aliphatic heterocycles. The maximum absolute atomic E-state index is 13.7.